The first-order valence-electron chi connectivity index (χ1n) is 8.49. The Bertz CT molecular complexity index is 904. The quantitative estimate of drug-likeness (QED) is 0.645. The molecule has 26 heavy (non-hydrogen) atoms. The Labute approximate surface area is 153 Å². The van der Waals surface area contributed by atoms with E-state index in [0.29, 0.717) is 5.95 Å². The van der Waals surface area contributed by atoms with Crippen molar-refractivity contribution in [1.29, 1.82) is 0 Å². The second kappa shape index (κ2) is 7.35. The lowest BCUT2D eigenvalue weighted by Crippen LogP contribution is -2.13. The fraction of sp³-hybridized carbons (Fsp3) is 0.263. The van der Waals surface area contributed by atoms with Crippen molar-refractivity contribution in [2.75, 3.05) is 16.4 Å². The van der Waals surface area contributed by atoms with Gasteiger partial charge in [-0.2, -0.15) is 4.98 Å². The SMILES string of the molecule is Cc1cnc(NC(C)C)nc1Nc1ccc(-c2nc(N)ncc2C)cc1. The monoisotopic (exact) mass is 349 g/mol. The van der Waals surface area contributed by atoms with Crippen LogP contribution in [0.2, 0.25) is 0 Å². The van der Waals surface area contributed by atoms with Gasteiger partial charge >= 0.3 is 0 Å². The molecule has 7 heteroatoms. The third kappa shape index (κ3) is 4.05. The van der Waals surface area contributed by atoms with Crippen LogP contribution < -0.4 is 16.4 Å². The lowest BCUT2D eigenvalue weighted by molar-refractivity contribution is 0.873. The van der Waals surface area contributed by atoms with Crippen LogP contribution in [0.1, 0.15) is 25.0 Å². The lowest BCUT2D eigenvalue weighted by atomic mass is 10.1. The Balaban J connectivity index is 1.83. The molecule has 3 rings (SSSR count). The molecular formula is C19H23N7. The van der Waals surface area contributed by atoms with Crippen molar-refractivity contribution in [3.63, 3.8) is 0 Å². The number of nitrogens with zero attached hydrogens (tertiary/aromatic N) is 4. The van der Waals surface area contributed by atoms with E-state index < -0.39 is 0 Å². The molecule has 0 saturated heterocycles. The van der Waals surface area contributed by atoms with Gasteiger partial charge in [0, 0.05) is 35.2 Å². The summed E-state index contributed by atoms with van der Waals surface area (Å²) in [5, 5.41) is 6.55. The van der Waals surface area contributed by atoms with Crippen molar-refractivity contribution in [2.24, 2.45) is 0 Å². The van der Waals surface area contributed by atoms with E-state index in [2.05, 4.69) is 44.4 Å². The number of anilines is 4. The van der Waals surface area contributed by atoms with Crippen LogP contribution in [0, 0.1) is 13.8 Å². The molecule has 0 aliphatic rings. The van der Waals surface area contributed by atoms with Gasteiger partial charge in [0.1, 0.15) is 5.82 Å². The first-order chi connectivity index (χ1) is 12.4. The molecule has 0 spiro atoms. The average Bonchev–Trinajstić information content (AvgIpc) is 2.60. The molecule has 0 amide bonds. The van der Waals surface area contributed by atoms with E-state index in [-0.39, 0.29) is 12.0 Å². The number of nitrogen functional groups attached to an aromatic ring is 1. The highest BCUT2D eigenvalue weighted by Crippen LogP contribution is 2.25. The Hall–Kier alpha value is -3.22. The molecule has 0 radical (unpaired) electrons. The number of nitrogens with two attached hydrogens (primary N) is 1. The Morgan fingerprint density at radius 1 is 0.923 bits per heavy atom. The highest BCUT2D eigenvalue weighted by Gasteiger charge is 2.08. The molecule has 0 fully saturated rings. The van der Waals surface area contributed by atoms with Gasteiger partial charge in [0.2, 0.25) is 11.9 Å². The van der Waals surface area contributed by atoms with Crippen LogP contribution >= 0.6 is 0 Å². The van der Waals surface area contributed by atoms with Gasteiger partial charge in [-0.15, -0.1) is 0 Å². The van der Waals surface area contributed by atoms with Crippen molar-refractivity contribution < 1.29 is 0 Å². The van der Waals surface area contributed by atoms with Gasteiger partial charge < -0.3 is 16.4 Å². The molecule has 0 unspecified atom stereocenters. The largest absolute Gasteiger partial charge is 0.368 e. The van der Waals surface area contributed by atoms with Crippen LogP contribution in [-0.2, 0) is 0 Å². The van der Waals surface area contributed by atoms with Crippen LogP contribution in [0.3, 0.4) is 0 Å². The molecule has 0 atom stereocenters. The van der Waals surface area contributed by atoms with Crippen LogP contribution in [0.4, 0.5) is 23.4 Å². The fourth-order valence-corrected chi connectivity index (χ4v) is 2.49. The molecule has 3 aromatic rings. The number of aromatic nitrogens is 4. The number of hydrogen-bond acceptors (Lipinski definition) is 7. The minimum absolute atomic E-state index is 0.272. The third-order valence-corrected chi connectivity index (χ3v) is 3.80. The lowest BCUT2D eigenvalue weighted by Gasteiger charge is -2.13. The molecule has 2 heterocycles. The predicted molar refractivity (Wildman–Crippen MR) is 105 cm³/mol. The Morgan fingerprint density at radius 3 is 2.31 bits per heavy atom. The second-order valence-electron chi connectivity index (χ2n) is 6.49. The number of hydrogen-bond donors (Lipinski definition) is 3. The maximum absolute atomic E-state index is 5.71. The molecule has 0 bridgehead atoms. The first-order valence-corrected chi connectivity index (χ1v) is 8.49. The maximum Gasteiger partial charge on any atom is 0.224 e. The van der Waals surface area contributed by atoms with Crippen molar-refractivity contribution >= 4 is 23.4 Å². The first kappa shape index (κ1) is 17.6. The predicted octanol–water partition coefficient (Wildman–Crippen LogP) is 3.70. The van der Waals surface area contributed by atoms with E-state index in [0.717, 1.165) is 33.9 Å². The average molecular weight is 349 g/mol. The second-order valence-corrected chi connectivity index (χ2v) is 6.49. The van der Waals surface area contributed by atoms with E-state index in [1.165, 1.54) is 0 Å². The van der Waals surface area contributed by atoms with Gasteiger partial charge in [0.05, 0.1) is 5.69 Å². The normalized spacial score (nSPS) is 10.8. The summed E-state index contributed by atoms with van der Waals surface area (Å²) in [6, 6.07) is 8.25. The van der Waals surface area contributed by atoms with Gasteiger partial charge in [-0.05, 0) is 45.4 Å². The van der Waals surface area contributed by atoms with Crippen LogP contribution in [0.25, 0.3) is 11.3 Å². The van der Waals surface area contributed by atoms with Gasteiger partial charge in [-0.3, -0.25) is 0 Å². The van der Waals surface area contributed by atoms with Crippen molar-refractivity contribution in [3.05, 3.63) is 47.8 Å². The molecule has 0 aliphatic heterocycles. The van der Waals surface area contributed by atoms with Gasteiger partial charge in [0.25, 0.3) is 0 Å². The highest BCUT2D eigenvalue weighted by molar-refractivity contribution is 5.68. The van der Waals surface area contributed by atoms with Crippen molar-refractivity contribution in [2.45, 2.75) is 33.7 Å². The number of benzene rings is 1. The molecule has 0 aliphatic carbocycles. The molecule has 1 aromatic carbocycles. The fourth-order valence-electron chi connectivity index (χ4n) is 2.49. The zero-order valence-corrected chi connectivity index (χ0v) is 15.4. The van der Waals surface area contributed by atoms with Crippen molar-refractivity contribution in [3.8, 4) is 11.3 Å². The van der Waals surface area contributed by atoms with E-state index >= 15 is 0 Å². The maximum atomic E-state index is 5.71. The molecule has 2 aromatic heterocycles. The van der Waals surface area contributed by atoms with E-state index in [9.17, 15) is 0 Å². The molecule has 4 N–H and O–H groups in total. The van der Waals surface area contributed by atoms with Gasteiger partial charge in [0.15, 0.2) is 0 Å². The smallest absolute Gasteiger partial charge is 0.224 e. The van der Waals surface area contributed by atoms with E-state index in [1.54, 1.807) is 12.4 Å². The number of rotatable bonds is 5. The summed E-state index contributed by atoms with van der Waals surface area (Å²) in [6.07, 6.45) is 3.54. The summed E-state index contributed by atoms with van der Waals surface area (Å²) in [5.74, 6) is 1.66. The highest BCUT2D eigenvalue weighted by atomic mass is 15.1. The summed E-state index contributed by atoms with van der Waals surface area (Å²) in [4.78, 5) is 17.2. The molecule has 7 nitrogen and oxygen atoms in total. The summed E-state index contributed by atoms with van der Waals surface area (Å²) in [7, 11) is 0. The van der Waals surface area contributed by atoms with E-state index in [1.807, 2.05) is 38.1 Å². The standard InChI is InChI=1S/C19H23N7/c1-11(2)23-19-22-10-13(4)17(26-19)24-15-7-5-14(6-8-15)16-12(3)9-21-18(20)25-16/h5-11H,1-4H3,(H2,20,21,25)(H2,22,23,24,26). The minimum atomic E-state index is 0.272. The summed E-state index contributed by atoms with van der Waals surface area (Å²) >= 11 is 0. The third-order valence-electron chi connectivity index (χ3n) is 3.80. The summed E-state index contributed by atoms with van der Waals surface area (Å²) in [6.45, 7) is 8.05. The van der Waals surface area contributed by atoms with Crippen LogP contribution in [0.15, 0.2) is 36.7 Å². The molecule has 134 valence electrons. The van der Waals surface area contributed by atoms with E-state index in [4.69, 9.17) is 5.73 Å². The molecule has 0 saturated carbocycles. The number of nitrogens with one attached hydrogen (secondary N) is 2. The van der Waals surface area contributed by atoms with Gasteiger partial charge in [-0.1, -0.05) is 12.1 Å². The van der Waals surface area contributed by atoms with Crippen LogP contribution in [-0.4, -0.2) is 26.0 Å². The van der Waals surface area contributed by atoms with Crippen LogP contribution in [0.5, 0.6) is 0 Å². The number of aryl methyl sites for hydroxylation is 2. The van der Waals surface area contributed by atoms with Crippen molar-refractivity contribution in [1.82, 2.24) is 19.9 Å². The van der Waals surface area contributed by atoms with Gasteiger partial charge in [-0.25, -0.2) is 15.0 Å². The molecular weight excluding hydrogens is 326 g/mol. The zero-order chi connectivity index (χ0) is 18.7. The summed E-state index contributed by atoms with van der Waals surface area (Å²) in [5.41, 5.74) is 10.4. The Morgan fingerprint density at radius 2 is 1.62 bits per heavy atom. The zero-order valence-electron chi connectivity index (χ0n) is 15.4. The minimum Gasteiger partial charge on any atom is -0.368 e. The topological polar surface area (TPSA) is 102 Å². The Kier molecular flexibility index (Phi) is 4.97. The summed E-state index contributed by atoms with van der Waals surface area (Å²) < 4.78 is 0.